The Kier molecular flexibility index (Phi) is 4.18. The SMILES string of the molecule is c1ccc(-c2c[nH]c3ccc(-c4ccc5c(c4)c4ccccc4n5-c4ccccc4)cc23)cc1. The molecule has 160 valence electrons. The number of rotatable bonds is 3. The van der Waals surface area contributed by atoms with Crippen molar-refractivity contribution in [3.05, 3.63) is 128 Å². The van der Waals surface area contributed by atoms with Crippen LogP contribution in [0.1, 0.15) is 0 Å². The predicted molar refractivity (Wildman–Crippen MR) is 144 cm³/mol. The molecule has 0 fully saturated rings. The minimum absolute atomic E-state index is 1.16. The molecular formula is C32H22N2. The van der Waals surface area contributed by atoms with E-state index < -0.39 is 0 Å². The van der Waals surface area contributed by atoms with E-state index in [0.717, 1.165) is 5.52 Å². The summed E-state index contributed by atoms with van der Waals surface area (Å²) in [4.78, 5) is 3.44. The highest BCUT2D eigenvalue weighted by Gasteiger charge is 2.13. The van der Waals surface area contributed by atoms with Crippen molar-refractivity contribution < 1.29 is 0 Å². The lowest BCUT2D eigenvalue weighted by Crippen LogP contribution is -1.92. The summed E-state index contributed by atoms with van der Waals surface area (Å²) in [6.45, 7) is 0. The lowest BCUT2D eigenvalue weighted by atomic mass is 9.98. The molecule has 0 aliphatic carbocycles. The first-order chi connectivity index (χ1) is 16.9. The largest absolute Gasteiger partial charge is 0.361 e. The topological polar surface area (TPSA) is 20.7 Å². The zero-order valence-corrected chi connectivity index (χ0v) is 18.6. The van der Waals surface area contributed by atoms with Crippen molar-refractivity contribution in [3.8, 4) is 27.9 Å². The highest BCUT2D eigenvalue weighted by molar-refractivity contribution is 6.10. The highest BCUT2D eigenvalue weighted by Crippen LogP contribution is 2.36. The van der Waals surface area contributed by atoms with Crippen molar-refractivity contribution in [2.45, 2.75) is 0 Å². The third kappa shape index (κ3) is 2.89. The van der Waals surface area contributed by atoms with Crippen LogP contribution in [0.15, 0.2) is 128 Å². The molecule has 0 unspecified atom stereocenters. The standard InChI is InChI=1S/C32H22N2/c1-3-9-22(10-4-1)29-21-33-30-17-15-23(19-27(29)30)24-16-18-32-28(20-24)26-13-7-8-14-31(26)34(32)25-11-5-2-6-12-25/h1-21,33H. The average Bonchev–Trinajstić information content (AvgIpc) is 3.48. The number of benzene rings is 5. The minimum Gasteiger partial charge on any atom is -0.361 e. The van der Waals surface area contributed by atoms with Gasteiger partial charge in [-0.25, -0.2) is 0 Å². The molecule has 1 N–H and O–H groups in total. The Balaban J connectivity index is 1.44. The number of hydrogen-bond donors (Lipinski definition) is 1. The molecule has 0 saturated carbocycles. The van der Waals surface area contributed by atoms with Gasteiger partial charge in [0.15, 0.2) is 0 Å². The van der Waals surface area contributed by atoms with Crippen LogP contribution in [0.5, 0.6) is 0 Å². The van der Waals surface area contributed by atoms with Crippen LogP contribution in [0.3, 0.4) is 0 Å². The van der Waals surface area contributed by atoms with Gasteiger partial charge < -0.3 is 9.55 Å². The molecular weight excluding hydrogens is 412 g/mol. The van der Waals surface area contributed by atoms with Gasteiger partial charge >= 0.3 is 0 Å². The van der Waals surface area contributed by atoms with Crippen LogP contribution in [-0.4, -0.2) is 9.55 Å². The Morgan fingerprint density at radius 3 is 1.94 bits per heavy atom. The highest BCUT2D eigenvalue weighted by atomic mass is 15.0. The predicted octanol–water partition coefficient (Wildman–Crippen LogP) is 8.60. The first kappa shape index (κ1) is 19.0. The van der Waals surface area contributed by atoms with Crippen molar-refractivity contribution >= 4 is 32.7 Å². The van der Waals surface area contributed by atoms with Crippen LogP contribution in [0.25, 0.3) is 60.6 Å². The molecule has 0 amide bonds. The van der Waals surface area contributed by atoms with Gasteiger partial charge in [0.2, 0.25) is 0 Å². The maximum absolute atomic E-state index is 3.44. The summed E-state index contributed by atoms with van der Waals surface area (Å²) in [5.74, 6) is 0. The molecule has 0 saturated heterocycles. The lowest BCUT2D eigenvalue weighted by Gasteiger charge is -2.08. The second-order valence-electron chi connectivity index (χ2n) is 8.75. The van der Waals surface area contributed by atoms with Crippen molar-refractivity contribution in [2.24, 2.45) is 0 Å². The third-order valence-electron chi connectivity index (χ3n) is 6.79. The Hall–Kier alpha value is -4.56. The fourth-order valence-corrected chi connectivity index (χ4v) is 5.16. The normalized spacial score (nSPS) is 11.5. The van der Waals surface area contributed by atoms with E-state index in [-0.39, 0.29) is 0 Å². The Morgan fingerprint density at radius 2 is 1.12 bits per heavy atom. The summed E-state index contributed by atoms with van der Waals surface area (Å²) in [6.07, 6.45) is 2.11. The second-order valence-corrected chi connectivity index (χ2v) is 8.75. The second kappa shape index (κ2) is 7.50. The third-order valence-corrected chi connectivity index (χ3v) is 6.79. The van der Waals surface area contributed by atoms with Gasteiger partial charge in [0.1, 0.15) is 0 Å². The molecule has 0 aliphatic heterocycles. The smallest absolute Gasteiger partial charge is 0.0541 e. The van der Waals surface area contributed by atoms with Gasteiger partial charge in [-0.15, -0.1) is 0 Å². The van der Waals surface area contributed by atoms with E-state index in [4.69, 9.17) is 0 Å². The monoisotopic (exact) mass is 434 g/mol. The Morgan fingerprint density at radius 1 is 0.471 bits per heavy atom. The molecule has 0 atom stereocenters. The molecule has 7 aromatic rings. The van der Waals surface area contributed by atoms with Gasteiger partial charge in [0.25, 0.3) is 0 Å². The first-order valence-corrected chi connectivity index (χ1v) is 11.6. The van der Waals surface area contributed by atoms with E-state index in [1.54, 1.807) is 0 Å². The van der Waals surface area contributed by atoms with E-state index >= 15 is 0 Å². The molecule has 0 bridgehead atoms. The summed E-state index contributed by atoms with van der Waals surface area (Å²) < 4.78 is 2.36. The summed E-state index contributed by atoms with van der Waals surface area (Å²) in [5, 5.41) is 3.79. The van der Waals surface area contributed by atoms with Crippen LogP contribution in [0, 0.1) is 0 Å². The van der Waals surface area contributed by atoms with E-state index in [0.29, 0.717) is 0 Å². The number of para-hydroxylation sites is 2. The molecule has 0 spiro atoms. The van der Waals surface area contributed by atoms with E-state index in [9.17, 15) is 0 Å². The van der Waals surface area contributed by atoms with Crippen molar-refractivity contribution in [1.29, 1.82) is 0 Å². The van der Waals surface area contributed by atoms with E-state index in [1.165, 1.54) is 55.1 Å². The van der Waals surface area contributed by atoms with Crippen molar-refractivity contribution in [3.63, 3.8) is 0 Å². The van der Waals surface area contributed by atoms with Crippen LogP contribution >= 0.6 is 0 Å². The number of nitrogens with one attached hydrogen (secondary N) is 1. The molecule has 2 nitrogen and oxygen atoms in total. The van der Waals surface area contributed by atoms with Crippen molar-refractivity contribution in [1.82, 2.24) is 9.55 Å². The number of fused-ring (bicyclic) bond motifs is 4. The minimum atomic E-state index is 1.16. The zero-order valence-electron chi connectivity index (χ0n) is 18.6. The summed E-state index contributed by atoms with van der Waals surface area (Å²) in [6, 6.07) is 43.4. The summed E-state index contributed by atoms with van der Waals surface area (Å²) >= 11 is 0. The quantitative estimate of drug-likeness (QED) is 0.287. The number of aromatic nitrogens is 2. The van der Waals surface area contributed by atoms with Gasteiger partial charge in [0.05, 0.1) is 11.0 Å². The van der Waals surface area contributed by atoms with Crippen LogP contribution in [-0.2, 0) is 0 Å². The molecule has 0 aliphatic rings. The zero-order chi connectivity index (χ0) is 22.5. The molecule has 34 heavy (non-hydrogen) atoms. The average molecular weight is 435 g/mol. The Bertz CT molecular complexity index is 1790. The van der Waals surface area contributed by atoms with Gasteiger partial charge in [-0.05, 0) is 59.2 Å². The summed E-state index contributed by atoms with van der Waals surface area (Å²) in [5.41, 5.74) is 9.71. The number of H-pyrrole nitrogens is 1. The van der Waals surface area contributed by atoms with Gasteiger partial charge in [-0.1, -0.05) is 78.9 Å². The first-order valence-electron chi connectivity index (χ1n) is 11.6. The maximum Gasteiger partial charge on any atom is 0.0541 e. The van der Waals surface area contributed by atoms with Gasteiger partial charge in [-0.2, -0.15) is 0 Å². The van der Waals surface area contributed by atoms with Gasteiger partial charge in [-0.3, -0.25) is 0 Å². The number of hydrogen-bond acceptors (Lipinski definition) is 0. The molecule has 2 heteroatoms. The fraction of sp³-hybridized carbons (Fsp3) is 0. The molecule has 2 aromatic heterocycles. The molecule has 2 heterocycles. The summed E-state index contributed by atoms with van der Waals surface area (Å²) in [7, 11) is 0. The van der Waals surface area contributed by atoms with Gasteiger partial charge in [0, 0.05) is 39.1 Å². The molecule has 7 rings (SSSR count). The number of nitrogens with zero attached hydrogens (tertiary/aromatic N) is 1. The molecule has 0 radical (unpaired) electrons. The van der Waals surface area contributed by atoms with Crippen LogP contribution < -0.4 is 0 Å². The fourth-order valence-electron chi connectivity index (χ4n) is 5.16. The Labute approximate surface area is 197 Å². The van der Waals surface area contributed by atoms with Crippen LogP contribution in [0.2, 0.25) is 0 Å². The van der Waals surface area contributed by atoms with E-state index in [1.807, 2.05) is 0 Å². The van der Waals surface area contributed by atoms with Crippen LogP contribution in [0.4, 0.5) is 0 Å². The molecule has 5 aromatic carbocycles. The van der Waals surface area contributed by atoms with Crippen molar-refractivity contribution in [2.75, 3.05) is 0 Å². The number of aromatic amines is 1. The maximum atomic E-state index is 3.44. The van der Waals surface area contributed by atoms with E-state index in [2.05, 4.69) is 137 Å². The lowest BCUT2D eigenvalue weighted by molar-refractivity contribution is 1.18.